The maximum atomic E-state index is 12.1. The van der Waals surface area contributed by atoms with Crippen LogP contribution in [0.1, 0.15) is 36.0 Å². The molecule has 0 unspecified atom stereocenters. The molecular formula is C15H21BrClNO. The minimum absolute atomic E-state index is 0.0182. The topological polar surface area (TPSA) is 29.1 Å². The van der Waals surface area contributed by atoms with Crippen molar-refractivity contribution in [2.75, 3.05) is 11.2 Å². The molecule has 0 aromatic heterocycles. The fourth-order valence-electron chi connectivity index (χ4n) is 2.13. The Labute approximate surface area is 129 Å². The molecule has 0 aliphatic heterocycles. The number of alkyl halides is 2. The van der Waals surface area contributed by atoms with Gasteiger partial charge in [-0.2, -0.15) is 0 Å². The molecule has 0 spiro atoms. The number of benzene rings is 1. The molecule has 0 aliphatic carbocycles. The monoisotopic (exact) mass is 345 g/mol. The third-order valence-electron chi connectivity index (χ3n) is 3.05. The smallest absolute Gasteiger partial charge is 0.238 e. The van der Waals surface area contributed by atoms with Crippen LogP contribution in [0.2, 0.25) is 0 Å². The number of halogens is 2. The summed E-state index contributed by atoms with van der Waals surface area (Å²) >= 11 is 9.07. The van der Waals surface area contributed by atoms with Crippen LogP contribution in [0.5, 0.6) is 0 Å². The van der Waals surface area contributed by atoms with E-state index in [-0.39, 0.29) is 10.7 Å². The maximum absolute atomic E-state index is 12.1. The summed E-state index contributed by atoms with van der Waals surface area (Å²) in [5, 5.41) is 3.01. The van der Waals surface area contributed by atoms with Crippen molar-refractivity contribution in [2.24, 2.45) is 0 Å². The summed E-state index contributed by atoms with van der Waals surface area (Å²) in [6, 6.07) is 4.17. The van der Waals surface area contributed by atoms with Gasteiger partial charge in [-0.1, -0.05) is 40.0 Å². The third kappa shape index (κ3) is 5.15. The molecule has 1 atom stereocenters. The molecule has 106 valence electrons. The summed E-state index contributed by atoms with van der Waals surface area (Å²) in [7, 11) is 0. The Morgan fingerprint density at radius 1 is 1.26 bits per heavy atom. The number of carbonyl (C=O) groups excluding carboxylic acids is 1. The van der Waals surface area contributed by atoms with Crippen molar-refractivity contribution < 1.29 is 4.79 Å². The Morgan fingerprint density at radius 3 is 2.37 bits per heavy atom. The molecule has 1 aromatic carbocycles. The van der Waals surface area contributed by atoms with Gasteiger partial charge >= 0.3 is 0 Å². The molecule has 2 nitrogen and oxygen atoms in total. The summed E-state index contributed by atoms with van der Waals surface area (Å²) in [5.41, 5.74) is 4.35. The van der Waals surface area contributed by atoms with E-state index in [0.29, 0.717) is 5.88 Å². The molecule has 1 amide bonds. The lowest BCUT2D eigenvalue weighted by atomic mass is 10.0. The lowest BCUT2D eigenvalue weighted by Gasteiger charge is -2.15. The van der Waals surface area contributed by atoms with E-state index < -0.39 is 0 Å². The fourth-order valence-corrected chi connectivity index (χ4v) is 2.76. The second kappa shape index (κ2) is 7.91. The average Bonchev–Trinajstić information content (AvgIpc) is 2.33. The van der Waals surface area contributed by atoms with Crippen molar-refractivity contribution in [3.8, 4) is 0 Å². The quantitative estimate of drug-likeness (QED) is 0.586. The first-order valence-electron chi connectivity index (χ1n) is 6.54. The second-order valence-corrected chi connectivity index (χ2v) is 6.40. The van der Waals surface area contributed by atoms with Crippen LogP contribution in [0.25, 0.3) is 0 Å². The Hall–Kier alpha value is -0.540. The van der Waals surface area contributed by atoms with E-state index in [1.807, 2.05) is 13.8 Å². The van der Waals surface area contributed by atoms with Crippen molar-refractivity contribution >= 4 is 39.1 Å². The van der Waals surface area contributed by atoms with Gasteiger partial charge in [0.25, 0.3) is 0 Å². The highest BCUT2D eigenvalue weighted by atomic mass is 79.9. The highest BCUT2D eigenvalue weighted by molar-refractivity contribution is 9.10. The second-order valence-electron chi connectivity index (χ2n) is 4.92. The molecule has 1 N–H and O–H groups in total. The highest BCUT2D eigenvalue weighted by Gasteiger charge is 2.16. The van der Waals surface area contributed by atoms with E-state index in [2.05, 4.69) is 40.3 Å². The van der Waals surface area contributed by atoms with Crippen LogP contribution in [0.15, 0.2) is 12.1 Å². The zero-order chi connectivity index (χ0) is 14.4. The van der Waals surface area contributed by atoms with Crippen molar-refractivity contribution in [3.05, 3.63) is 28.8 Å². The average molecular weight is 347 g/mol. The summed E-state index contributed by atoms with van der Waals surface area (Å²) in [4.78, 5) is 11.9. The molecule has 19 heavy (non-hydrogen) atoms. The molecule has 0 bridgehead atoms. The zero-order valence-corrected chi connectivity index (χ0v) is 14.1. The van der Waals surface area contributed by atoms with Crippen molar-refractivity contribution in [2.45, 2.75) is 44.9 Å². The molecule has 4 heteroatoms. The van der Waals surface area contributed by atoms with Crippen LogP contribution in [0.4, 0.5) is 5.69 Å². The number of carbonyl (C=O) groups is 1. The summed E-state index contributed by atoms with van der Waals surface area (Å²) < 4.78 is 0. The summed E-state index contributed by atoms with van der Waals surface area (Å²) in [6.45, 7) is 6.10. The Kier molecular flexibility index (Phi) is 6.87. The minimum atomic E-state index is -0.157. The van der Waals surface area contributed by atoms with E-state index in [1.54, 1.807) is 0 Å². The number of amides is 1. The highest BCUT2D eigenvalue weighted by Crippen LogP contribution is 2.23. The van der Waals surface area contributed by atoms with Gasteiger partial charge in [0.15, 0.2) is 0 Å². The zero-order valence-electron chi connectivity index (χ0n) is 11.7. The lowest BCUT2D eigenvalue weighted by molar-refractivity contribution is -0.115. The number of aryl methyl sites for hydroxylation is 3. The predicted octanol–water partition coefficient (Wildman–Crippen LogP) is 4.72. The van der Waals surface area contributed by atoms with E-state index in [9.17, 15) is 4.79 Å². The Bertz CT molecular complexity index is 425. The van der Waals surface area contributed by atoms with Crippen LogP contribution >= 0.6 is 27.5 Å². The van der Waals surface area contributed by atoms with Crippen LogP contribution in [0.3, 0.4) is 0 Å². The van der Waals surface area contributed by atoms with Crippen molar-refractivity contribution in [3.63, 3.8) is 0 Å². The number of hydrogen-bond donors (Lipinski definition) is 1. The van der Waals surface area contributed by atoms with Crippen LogP contribution < -0.4 is 5.32 Å². The molecular weight excluding hydrogens is 326 g/mol. The van der Waals surface area contributed by atoms with E-state index in [4.69, 9.17) is 11.6 Å². The number of hydrogen-bond acceptors (Lipinski definition) is 1. The lowest BCUT2D eigenvalue weighted by Crippen LogP contribution is -2.23. The number of rotatable bonds is 6. The standard InChI is InChI=1S/C15H21BrClNO/c1-10-8-11(2)14(12(3)9-10)18-15(19)13(16)6-4-5-7-17/h8-9,13H,4-7H2,1-3H3,(H,18,19)/t13-/m1/s1. The van der Waals surface area contributed by atoms with Gasteiger partial charge in [0.2, 0.25) is 5.91 Å². The molecule has 0 saturated heterocycles. The first-order chi connectivity index (χ1) is 8.95. The van der Waals surface area contributed by atoms with Gasteiger partial charge in [0, 0.05) is 11.6 Å². The SMILES string of the molecule is Cc1cc(C)c(NC(=O)[C@H](Br)CCCCCl)c(C)c1. The Morgan fingerprint density at radius 2 is 1.84 bits per heavy atom. The minimum Gasteiger partial charge on any atom is -0.325 e. The van der Waals surface area contributed by atoms with Gasteiger partial charge in [0.05, 0.1) is 4.83 Å². The molecule has 1 aromatic rings. The van der Waals surface area contributed by atoms with Crippen molar-refractivity contribution in [1.82, 2.24) is 0 Å². The van der Waals surface area contributed by atoms with E-state index in [0.717, 1.165) is 36.1 Å². The Balaban J connectivity index is 2.66. The van der Waals surface area contributed by atoms with Gasteiger partial charge in [-0.3, -0.25) is 4.79 Å². The van der Waals surface area contributed by atoms with Crippen LogP contribution in [-0.2, 0) is 4.79 Å². The first-order valence-corrected chi connectivity index (χ1v) is 7.99. The van der Waals surface area contributed by atoms with Gasteiger partial charge in [-0.15, -0.1) is 11.6 Å². The summed E-state index contributed by atoms with van der Waals surface area (Å²) in [5.74, 6) is 0.668. The maximum Gasteiger partial charge on any atom is 0.238 e. The normalized spacial score (nSPS) is 12.3. The van der Waals surface area contributed by atoms with Crippen molar-refractivity contribution in [1.29, 1.82) is 0 Å². The molecule has 0 aliphatic rings. The van der Waals surface area contributed by atoms with Gasteiger partial charge < -0.3 is 5.32 Å². The third-order valence-corrected chi connectivity index (χ3v) is 4.19. The van der Waals surface area contributed by atoms with E-state index in [1.165, 1.54) is 5.56 Å². The predicted molar refractivity (Wildman–Crippen MR) is 86.6 cm³/mol. The first kappa shape index (κ1) is 16.5. The molecule has 0 heterocycles. The molecule has 0 fully saturated rings. The molecule has 1 rings (SSSR count). The fraction of sp³-hybridized carbons (Fsp3) is 0.533. The number of anilines is 1. The van der Waals surface area contributed by atoms with Gasteiger partial charge in [-0.05, 0) is 44.7 Å². The van der Waals surface area contributed by atoms with Crippen LogP contribution in [0, 0.1) is 20.8 Å². The van der Waals surface area contributed by atoms with Gasteiger partial charge in [0.1, 0.15) is 0 Å². The molecule has 0 saturated carbocycles. The molecule has 0 radical (unpaired) electrons. The van der Waals surface area contributed by atoms with E-state index >= 15 is 0 Å². The number of nitrogens with one attached hydrogen (secondary N) is 1. The van der Waals surface area contributed by atoms with Gasteiger partial charge in [-0.25, -0.2) is 0 Å². The summed E-state index contributed by atoms with van der Waals surface area (Å²) in [6.07, 6.45) is 2.71. The number of unbranched alkanes of at least 4 members (excludes halogenated alkanes) is 1. The van der Waals surface area contributed by atoms with Crippen LogP contribution in [-0.4, -0.2) is 16.6 Å². The largest absolute Gasteiger partial charge is 0.325 e.